The first-order valence-corrected chi connectivity index (χ1v) is 11.8. The largest absolute Gasteiger partial charge is 0.392 e. The van der Waals surface area contributed by atoms with Crippen molar-refractivity contribution in [2.24, 2.45) is 11.8 Å². The maximum atomic E-state index is 13.0. The van der Waals surface area contributed by atoms with Gasteiger partial charge in [-0.15, -0.1) is 0 Å². The summed E-state index contributed by atoms with van der Waals surface area (Å²) in [6, 6.07) is 3.83. The molecule has 4 heterocycles. The lowest BCUT2D eigenvalue weighted by molar-refractivity contribution is -0.175. The van der Waals surface area contributed by atoms with E-state index in [2.05, 4.69) is 19.4 Å². The first-order valence-electron chi connectivity index (χ1n) is 11.0. The summed E-state index contributed by atoms with van der Waals surface area (Å²) in [4.78, 5) is 11.6. The Bertz CT molecular complexity index is 1130. The molecule has 170 valence electrons. The number of hydrogen-bond acceptors (Lipinski definition) is 6. The van der Waals surface area contributed by atoms with Crippen LogP contribution in [-0.4, -0.2) is 43.2 Å². The van der Waals surface area contributed by atoms with Gasteiger partial charge in [-0.2, -0.15) is 22.6 Å². The van der Waals surface area contributed by atoms with Crippen molar-refractivity contribution in [2.75, 3.05) is 18.0 Å². The smallest absolute Gasteiger partial charge is 0.347 e. The van der Waals surface area contributed by atoms with Crippen LogP contribution in [0.2, 0.25) is 0 Å². The zero-order valence-electron chi connectivity index (χ0n) is 17.8. The van der Waals surface area contributed by atoms with Crippen LogP contribution in [0.25, 0.3) is 11.2 Å². The van der Waals surface area contributed by atoms with Gasteiger partial charge in [-0.3, -0.25) is 0 Å². The number of anilines is 1. The lowest BCUT2D eigenvalue weighted by Crippen LogP contribution is -2.34. The first kappa shape index (κ1) is 21.4. The maximum absolute atomic E-state index is 13.0. The number of pyridine rings is 1. The summed E-state index contributed by atoms with van der Waals surface area (Å²) < 4.78 is 45.1. The molecule has 1 saturated heterocycles. The van der Waals surface area contributed by atoms with Crippen LogP contribution in [0.5, 0.6) is 0 Å². The number of hydrogen-bond donors (Lipinski definition) is 0. The fourth-order valence-electron chi connectivity index (χ4n) is 4.66. The van der Waals surface area contributed by atoms with E-state index in [0.29, 0.717) is 12.3 Å². The van der Waals surface area contributed by atoms with Crippen molar-refractivity contribution >= 4 is 27.9 Å². The van der Waals surface area contributed by atoms with Gasteiger partial charge in [0, 0.05) is 42.8 Å². The number of halogens is 3. The van der Waals surface area contributed by atoms with Crippen LogP contribution < -0.4 is 4.90 Å². The average Bonchev–Trinajstić information content (AvgIpc) is 3.39. The van der Waals surface area contributed by atoms with Crippen LogP contribution in [0.4, 0.5) is 18.3 Å². The third-order valence-corrected chi connectivity index (χ3v) is 7.37. The van der Waals surface area contributed by atoms with Gasteiger partial charge in [0.05, 0.1) is 5.92 Å². The molecule has 3 aromatic rings. The van der Waals surface area contributed by atoms with Crippen LogP contribution in [0.1, 0.15) is 49.3 Å². The molecule has 1 aliphatic heterocycles. The second kappa shape index (κ2) is 8.46. The van der Waals surface area contributed by atoms with Crippen LogP contribution >= 0.6 is 11.5 Å². The predicted octanol–water partition coefficient (Wildman–Crippen LogP) is 5.09. The summed E-state index contributed by atoms with van der Waals surface area (Å²) in [5, 5.41) is 5.65. The third-order valence-electron chi connectivity index (χ3n) is 6.50. The summed E-state index contributed by atoms with van der Waals surface area (Å²) in [5.41, 5.74) is 2.57. The molecule has 1 unspecified atom stereocenters. The number of fused-ring (bicyclic) bond motifs is 1. The number of nitrogens with zero attached hydrogens (tertiary/aromatic N) is 6. The average molecular weight is 463 g/mol. The van der Waals surface area contributed by atoms with Gasteiger partial charge in [-0.05, 0) is 62.7 Å². The molecule has 5 rings (SSSR count). The Balaban J connectivity index is 1.27. The number of aromatic nitrogens is 5. The van der Waals surface area contributed by atoms with Gasteiger partial charge in [0.2, 0.25) is 5.13 Å². The Labute approximate surface area is 188 Å². The van der Waals surface area contributed by atoms with Gasteiger partial charge in [0.15, 0.2) is 11.5 Å². The molecular weight excluding hydrogens is 437 g/mol. The molecule has 1 atom stereocenters. The molecule has 1 fully saturated rings. The van der Waals surface area contributed by atoms with Crippen molar-refractivity contribution in [3.63, 3.8) is 0 Å². The molecule has 2 aliphatic rings. The highest BCUT2D eigenvalue weighted by molar-refractivity contribution is 7.09. The number of rotatable bonds is 4. The van der Waals surface area contributed by atoms with Crippen molar-refractivity contribution in [1.29, 1.82) is 0 Å². The van der Waals surface area contributed by atoms with Crippen molar-refractivity contribution in [2.45, 2.75) is 51.6 Å². The molecule has 0 amide bonds. The van der Waals surface area contributed by atoms with Gasteiger partial charge in [0.25, 0.3) is 0 Å². The van der Waals surface area contributed by atoms with E-state index >= 15 is 0 Å². The fourth-order valence-corrected chi connectivity index (χ4v) is 5.39. The second-order valence-corrected chi connectivity index (χ2v) is 9.45. The van der Waals surface area contributed by atoms with Gasteiger partial charge in [0.1, 0.15) is 5.82 Å². The van der Waals surface area contributed by atoms with Gasteiger partial charge < -0.3 is 4.90 Å². The topological polar surface area (TPSA) is 59.2 Å². The third kappa shape index (κ3) is 4.37. The molecule has 0 bridgehead atoms. The molecule has 1 aliphatic carbocycles. The van der Waals surface area contributed by atoms with Crippen LogP contribution in [-0.2, 0) is 6.42 Å². The van der Waals surface area contributed by atoms with Crippen molar-refractivity contribution in [3.05, 3.63) is 41.6 Å². The highest BCUT2D eigenvalue weighted by Gasteiger charge is 2.39. The summed E-state index contributed by atoms with van der Waals surface area (Å²) in [7, 11) is 0. The Morgan fingerprint density at radius 3 is 2.62 bits per heavy atom. The fraction of sp³-hybridized carbons (Fsp3) is 0.545. The molecule has 0 N–H and O–H groups in total. The van der Waals surface area contributed by atoms with E-state index < -0.39 is 12.1 Å². The molecule has 3 aromatic heterocycles. The van der Waals surface area contributed by atoms with E-state index in [-0.39, 0.29) is 12.8 Å². The number of alkyl halides is 3. The first-order chi connectivity index (χ1) is 15.4. The molecule has 0 saturated carbocycles. The van der Waals surface area contributed by atoms with Crippen LogP contribution in [0.15, 0.2) is 24.4 Å². The van der Waals surface area contributed by atoms with Crippen LogP contribution in [0.3, 0.4) is 0 Å². The highest BCUT2D eigenvalue weighted by atomic mass is 32.1. The van der Waals surface area contributed by atoms with Gasteiger partial charge in [-0.1, -0.05) is 6.08 Å². The molecule has 10 heteroatoms. The van der Waals surface area contributed by atoms with Gasteiger partial charge in [-0.25, -0.2) is 14.5 Å². The Morgan fingerprint density at radius 1 is 1.16 bits per heavy atom. The summed E-state index contributed by atoms with van der Waals surface area (Å²) in [6.45, 7) is 3.81. The van der Waals surface area contributed by atoms with Crippen molar-refractivity contribution < 1.29 is 13.2 Å². The zero-order valence-corrected chi connectivity index (χ0v) is 18.7. The normalized spacial score (nSPS) is 20.7. The van der Waals surface area contributed by atoms with Crippen LogP contribution in [0, 0.1) is 18.8 Å². The Morgan fingerprint density at radius 2 is 1.97 bits per heavy atom. The van der Waals surface area contributed by atoms with Gasteiger partial charge >= 0.3 is 6.18 Å². The number of allylic oxidation sites excluding steroid dienone is 2. The van der Waals surface area contributed by atoms with E-state index in [4.69, 9.17) is 4.98 Å². The molecule has 6 nitrogen and oxygen atoms in total. The summed E-state index contributed by atoms with van der Waals surface area (Å²) >= 11 is 1.45. The maximum Gasteiger partial charge on any atom is 0.392 e. The summed E-state index contributed by atoms with van der Waals surface area (Å²) in [5.74, 6) is 0.878. The lowest BCUT2D eigenvalue weighted by atomic mass is 9.86. The number of piperidine rings is 1. The molecule has 0 spiro atoms. The summed E-state index contributed by atoms with van der Waals surface area (Å²) in [6.07, 6.45) is 2.94. The minimum absolute atomic E-state index is 0.0353. The Kier molecular flexibility index (Phi) is 5.65. The van der Waals surface area contributed by atoms with E-state index in [0.717, 1.165) is 65.9 Å². The van der Waals surface area contributed by atoms with Crippen molar-refractivity contribution in [1.82, 2.24) is 24.0 Å². The second-order valence-electron chi connectivity index (χ2n) is 8.72. The minimum atomic E-state index is -4.12. The zero-order chi connectivity index (χ0) is 22.3. The monoisotopic (exact) mass is 462 g/mol. The predicted molar refractivity (Wildman–Crippen MR) is 118 cm³/mol. The Hall–Kier alpha value is -2.49. The van der Waals surface area contributed by atoms with E-state index in [9.17, 15) is 13.2 Å². The standard InChI is InChI=1S/C22H25F3N6S/c1-14-26-21(32-29-14)30-11-8-15(9-12-30)13-19-27-20-18(3-2-10-31(20)28-19)16-4-6-17(7-5-16)22(23,24)25/h2-4,10,15,17H,5-9,11-13H2,1H3. The SMILES string of the molecule is Cc1nsc(N2CCC(Cc3nc4c(C5=CCC(C(F)(F)F)CC5)cccn4n3)CC2)n1. The quantitative estimate of drug-likeness (QED) is 0.540. The van der Waals surface area contributed by atoms with E-state index in [1.54, 1.807) is 10.6 Å². The molecule has 32 heavy (non-hydrogen) atoms. The molecule has 0 aromatic carbocycles. The van der Waals surface area contributed by atoms with E-state index in [1.807, 2.05) is 25.3 Å². The molecule has 0 radical (unpaired) electrons. The highest BCUT2D eigenvalue weighted by Crippen LogP contribution is 2.40. The minimum Gasteiger partial charge on any atom is -0.347 e. The number of aryl methyl sites for hydroxylation is 1. The van der Waals surface area contributed by atoms with Crippen molar-refractivity contribution in [3.8, 4) is 0 Å². The lowest BCUT2D eigenvalue weighted by Gasteiger charge is -2.30. The molecular formula is C22H25F3N6S. The van der Waals surface area contributed by atoms with E-state index in [1.165, 1.54) is 11.5 Å².